The fourth-order valence-corrected chi connectivity index (χ4v) is 2.05. The monoisotopic (exact) mass is 300 g/mol. The number of benzene rings is 2. The van der Waals surface area contributed by atoms with Crippen molar-refractivity contribution >= 4 is 17.1 Å². The normalized spacial score (nSPS) is 11.5. The number of aliphatic imine (C=N–C) groups is 1. The summed E-state index contributed by atoms with van der Waals surface area (Å²) >= 11 is 0. The lowest BCUT2D eigenvalue weighted by Crippen LogP contribution is -1.98. The number of hydrogen-bond acceptors (Lipinski definition) is 4. The van der Waals surface area contributed by atoms with E-state index in [9.17, 15) is 0 Å². The van der Waals surface area contributed by atoms with Crippen molar-refractivity contribution in [1.29, 1.82) is 10.5 Å². The maximum absolute atomic E-state index is 8.79. The molecule has 1 N–H and O–H groups in total. The zero-order valence-electron chi connectivity index (χ0n) is 13.0. The first-order chi connectivity index (χ1) is 11.1. The molecule has 0 heterocycles. The third-order valence-corrected chi connectivity index (χ3v) is 3.08. The molecule has 0 spiro atoms. The number of hydrogen-bond donors (Lipinski definition) is 1. The number of allylic oxidation sites excluding steroid dienone is 2. The van der Waals surface area contributed by atoms with Gasteiger partial charge < -0.3 is 5.32 Å². The van der Waals surface area contributed by atoms with Gasteiger partial charge in [0.1, 0.15) is 0 Å². The molecule has 4 nitrogen and oxygen atoms in total. The van der Waals surface area contributed by atoms with Crippen LogP contribution in [0, 0.1) is 22.7 Å². The summed E-state index contributed by atoms with van der Waals surface area (Å²) in [4.78, 5) is 4.49. The molecule has 2 aromatic carbocycles. The third-order valence-electron chi connectivity index (χ3n) is 3.08. The van der Waals surface area contributed by atoms with E-state index < -0.39 is 0 Å². The highest BCUT2D eigenvalue weighted by Gasteiger charge is 1.96. The van der Waals surface area contributed by atoms with Crippen LogP contribution in [0.4, 0.5) is 11.4 Å². The van der Waals surface area contributed by atoms with Crippen LogP contribution < -0.4 is 5.32 Å². The number of nitriles is 2. The summed E-state index contributed by atoms with van der Waals surface area (Å²) in [5, 5.41) is 20.8. The van der Waals surface area contributed by atoms with Crippen LogP contribution in [0.25, 0.3) is 0 Å². The molecule has 0 aliphatic rings. The highest BCUT2D eigenvalue weighted by atomic mass is 14.9. The van der Waals surface area contributed by atoms with Crippen LogP contribution in [0.3, 0.4) is 0 Å². The van der Waals surface area contributed by atoms with Gasteiger partial charge in [-0.25, -0.2) is 0 Å². The van der Waals surface area contributed by atoms with E-state index in [-0.39, 0.29) is 0 Å². The summed E-state index contributed by atoms with van der Waals surface area (Å²) in [6.45, 7) is 3.87. The van der Waals surface area contributed by atoms with Gasteiger partial charge in [0, 0.05) is 17.1 Å². The quantitative estimate of drug-likeness (QED) is 0.843. The van der Waals surface area contributed by atoms with Crippen molar-refractivity contribution < 1.29 is 0 Å². The Kier molecular flexibility index (Phi) is 5.28. The van der Waals surface area contributed by atoms with Gasteiger partial charge in [0.05, 0.1) is 29.0 Å². The smallest absolute Gasteiger partial charge is 0.0991 e. The minimum absolute atomic E-state index is 0.621. The summed E-state index contributed by atoms with van der Waals surface area (Å²) in [5.74, 6) is 0. The molecule has 0 atom stereocenters. The molecule has 0 unspecified atom stereocenters. The average Bonchev–Trinajstić information content (AvgIpc) is 2.56. The first-order valence-corrected chi connectivity index (χ1v) is 7.11. The van der Waals surface area contributed by atoms with E-state index in [4.69, 9.17) is 10.5 Å². The Hall–Kier alpha value is -3.37. The van der Waals surface area contributed by atoms with Gasteiger partial charge >= 0.3 is 0 Å². The van der Waals surface area contributed by atoms with Gasteiger partial charge in [0.25, 0.3) is 0 Å². The van der Waals surface area contributed by atoms with Crippen molar-refractivity contribution in [2.75, 3.05) is 5.32 Å². The van der Waals surface area contributed by atoms with Gasteiger partial charge in [-0.3, -0.25) is 4.99 Å². The molecule has 0 saturated carbocycles. The topological polar surface area (TPSA) is 72.0 Å². The lowest BCUT2D eigenvalue weighted by molar-refractivity contribution is 1.37. The third kappa shape index (κ3) is 4.84. The van der Waals surface area contributed by atoms with Crippen LogP contribution in [-0.2, 0) is 0 Å². The van der Waals surface area contributed by atoms with Crippen LogP contribution in [-0.4, -0.2) is 5.71 Å². The van der Waals surface area contributed by atoms with Crippen molar-refractivity contribution in [3.63, 3.8) is 0 Å². The first-order valence-electron chi connectivity index (χ1n) is 7.11. The summed E-state index contributed by atoms with van der Waals surface area (Å²) in [5.41, 5.74) is 4.79. The molecule has 0 aliphatic heterocycles. The van der Waals surface area contributed by atoms with Crippen molar-refractivity contribution in [1.82, 2.24) is 0 Å². The minimum Gasteiger partial charge on any atom is -0.359 e. The van der Waals surface area contributed by atoms with Gasteiger partial charge in [-0.15, -0.1) is 0 Å². The largest absolute Gasteiger partial charge is 0.359 e. The molecule has 0 fully saturated rings. The van der Waals surface area contributed by atoms with Crippen LogP contribution in [0.2, 0.25) is 0 Å². The predicted octanol–water partition coefficient (Wildman–Crippen LogP) is 4.54. The predicted molar refractivity (Wildman–Crippen MR) is 92.5 cm³/mol. The van der Waals surface area contributed by atoms with Crippen molar-refractivity contribution in [2.24, 2.45) is 4.99 Å². The van der Waals surface area contributed by atoms with E-state index in [0.29, 0.717) is 11.1 Å². The van der Waals surface area contributed by atoms with E-state index in [1.165, 1.54) is 0 Å². The second-order valence-electron chi connectivity index (χ2n) is 5.05. The molecule has 0 aliphatic carbocycles. The zero-order valence-corrected chi connectivity index (χ0v) is 13.0. The van der Waals surface area contributed by atoms with E-state index in [1.54, 1.807) is 24.3 Å². The Bertz CT molecular complexity index is 814. The second-order valence-corrected chi connectivity index (χ2v) is 5.05. The molecule has 0 bridgehead atoms. The molecule has 23 heavy (non-hydrogen) atoms. The fraction of sp³-hybridized carbons (Fsp3) is 0.105. The van der Waals surface area contributed by atoms with E-state index in [1.807, 2.05) is 44.2 Å². The summed E-state index contributed by atoms with van der Waals surface area (Å²) < 4.78 is 0. The maximum Gasteiger partial charge on any atom is 0.0991 e. The molecule has 112 valence electrons. The molecular weight excluding hydrogens is 284 g/mol. The molecule has 0 amide bonds. The van der Waals surface area contributed by atoms with Gasteiger partial charge in [0.15, 0.2) is 0 Å². The van der Waals surface area contributed by atoms with E-state index in [2.05, 4.69) is 22.4 Å². The SMILES string of the molecule is CC(/C=C(/C)Nc1ccc(C#N)cc1)=Nc1ccc(C#N)cc1. The van der Waals surface area contributed by atoms with E-state index >= 15 is 0 Å². The molecule has 2 aromatic rings. The molecule has 0 saturated heterocycles. The Morgan fingerprint density at radius 3 is 1.96 bits per heavy atom. The first kappa shape index (κ1) is 16.0. The van der Waals surface area contributed by atoms with Gasteiger partial charge in [-0.2, -0.15) is 10.5 Å². The standard InChI is InChI=1S/C19H16N4/c1-14(22-18-7-3-16(12-20)4-8-18)11-15(2)23-19-9-5-17(13-21)6-10-19/h3-11,22H,1-2H3/b14-11-,23-15?. The summed E-state index contributed by atoms with van der Waals surface area (Å²) in [6, 6.07) is 18.6. The van der Waals surface area contributed by atoms with Crippen molar-refractivity contribution in [3.05, 3.63) is 71.4 Å². The van der Waals surface area contributed by atoms with Crippen molar-refractivity contribution in [3.8, 4) is 12.1 Å². The fourth-order valence-electron chi connectivity index (χ4n) is 2.05. The van der Waals surface area contributed by atoms with Crippen molar-refractivity contribution in [2.45, 2.75) is 13.8 Å². The average molecular weight is 300 g/mol. The highest BCUT2D eigenvalue weighted by Crippen LogP contribution is 2.14. The molecule has 0 radical (unpaired) electrons. The minimum atomic E-state index is 0.621. The van der Waals surface area contributed by atoms with Crippen LogP contribution in [0.1, 0.15) is 25.0 Å². The van der Waals surface area contributed by atoms with Gasteiger partial charge in [-0.05, 0) is 68.5 Å². The van der Waals surface area contributed by atoms with E-state index in [0.717, 1.165) is 22.8 Å². The highest BCUT2D eigenvalue weighted by molar-refractivity contribution is 5.95. The second kappa shape index (κ2) is 7.59. The number of nitrogens with zero attached hydrogens (tertiary/aromatic N) is 3. The molecular formula is C19H16N4. The Morgan fingerprint density at radius 2 is 1.43 bits per heavy atom. The van der Waals surface area contributed by atoms with Gasteiger partial charge in [0.2, 0.25) is 0 Å². The summed E-state index contributed by atoms with van der Waals surface area (Å²) in [6.07, 6.45) is 1.94. The lowest BCUT2D eigenvalue weighted by Gasteiger charge is -2.06. The van der Waals surface area contributed by atoms with Crippen LogP contribution in [0.5, 0.6) is 0 Å². The maximum atomic E-state index is 8.79. The Labute approximate surface area is 136 Å². The molecule has 0 aromatic heterocycles. The Morgan fingerprint density at radius 1 is 0.913 bits per heavy atom. The number of rotatable bonds is 4. The van der Waals surface area contributed by atoms with Crippen LogP contribution in [0.15, 0.2) is 65.3 Å². The molecule has 2 rings (SSSR count). The lowest BCUT2D eigenvalue weighted by atomic mass is 10.2. The van der Waals surface area contributed by atoms with Crippen LogP contribution >= 0.6 is 0 Å². The number of anilines is 1. The summed E-state index contributed by atoms with van der Waals surface area (Å²) in [7, 11) is 0. The number of nitrogens with one attached hydrogen (secondary N) is 1. The zero-order chi connectivity index (χ0) is 16.7. The Balaban J connectivity index is 2.07. The van der Waals surface area contributed by atoms with Gasteiger partial charge in [-0.1, -0.05) is 0 Å². The molecule has 4 heteroatoms.